The van der Waals surface area contributed by atoms with Crippen LogP contribution in [-0.4, -0.2) is 25.4 Å². The predicted molar refractivity (Wildman–Crippen MR) is 109 cm³/mol. The van der Waals surface area contributed by atoms with Gasteiger partial charge in [0.15, 0.2) is 0 Å². The van der Waals surface area contributed by atoms with Gasteiger partial charge in [-0.2, -0.15) is 0 Å². The highest BCUT2D eigenvalue weighted by atomic mass is 32.2. The average Bonchev–Trinajstić information content (AvgIpc) is 3.02. The van der Waals surface area contributed by atoms with Crippen LogP contribution < -0.4 is 4.72 Å². The Hall–Kier alpha value is -2.70. The van der Waals surface area contributed by atoms with Crippen molar-refractivity contribution >= 4 is 32.0 Å². The van der Waals surface area contributed by atoms with Crippen LogP contribution in [0.3, 0.4) is 0 Å². The van der Waals surface area contributed by atoms with Gasteiger partial charge in [0, 0.05) is 17.0 Å². The van der Waals surface area contributed by atoms with Gasteiger partial charge in [-0.05, 0) is 67.8 Å². The molecule has 138 valence electrons. The number of fused-ring (bicyclic) bond motifs is 3. The van der Waals surface area contributed by atoms with E-state index in [1.54, 1.807) is 13.0 Å². The second kappa shape index (κ2) is 6.18. The van der Waals surface area contributed by atoms with Crippen LogP contribution in [0.2, 0.25) is 0 Å². The van der Waals surface area contributed by atoms with Crippen LogP contribution in [-0.2, 0) is 10.0 Å². The minimum absolute atomic E-state index is 0.297. The first-order chi connectivity index (χ1) is 12.8. The van der Waals surface area contributed by atoms with Crippen LogP contribution >= 0.6 is 0 Å². The first-order valence-corrected chi connectivity index (χ1v) is 10.2. The van der Waals surface area contributed by atoms with E-state index < -0.39 is 10.0 Å². The maximum absolute atomic E-state index is 12.4. The Morgan fingerprint density at radius 3 is 2.48 bits per heavy atom. The highest BCUT2D eigenvalue weighted by molar-refractivity contribution is 7.89. The van der Waals surface area contributed by atoms with E-state index in [0.717, 1.165) is 44.2 Å². The third-order valence-corrected chi connectivity index (χ3v) is 6.56. The molecule has 27 heavy (non-hydrogen) atoms. The molecule has 0 radical (unpaired) electrons. The first-order valence-electron chi connectivity index (χ1n) is 8.74. The summed E-state index contributed by atoms with van der Waals surface area (Å²) in [5.41, 5.74) is 6.63. The van der Waals surface area contributed by atoms with E-state index in [4.69, 9.17) is 0 Å². The SMILES string of the molecule is CNS(=O)(=O)c1cc(-c2ccc(C)c3[nH]c4ncc(C)cc4c23)ccc1C. The molecule has 0 saturated carbocycles. The van der Waals surface area contributed by atoms with Crippen molar-refractivity contribution in [2.45, 2.75) is 25.7 Å². The normalized spacial score (nSPS) is 12.1. The minimum atomic E-state index is -3.53. The summed E-state index contributed by atoms with van der Waals surface area (Å²) in [6.07, 6.45) is 1.84. The standard InChI is InChI=1S/C21H21N3O2S/c1-12-9-17-19-16(8-6-14(3)20(19)24-21(17)23-11-12)15-7-5-13(2)18(10-15)27(25,26)22-4/h5-11,22H,1-4H3,(H,23,24). The Balaban J connectivity index is 2.09. The van der Waals surface area contributed by atoms with Crippen LogP contribution in [0.1, 0.15) is 16.7 Å². The quantitative estimate of drug-likeness (QED) is 0.560. The zero-order valence-corrected chi connectivity index (χ0v) is 16.5. The molecule has 2 heterocycles. The van der Waals surface area contributed by atoms with Crippen LogP contribution in [0.25, 0.3) is 33.1 Å². The molecule has 0 spiro atoms. The summed E-state index contributed by atoms with van der Waals surface area (Å²) in [7, 11) is -2.10. The molecule has 2 aromatic carbocycles. The second-order valence-electron chi connectivity index (χ2n) is 6.90. The number of nitrogens with one attached hydrogen (secondary N) is 2. The number of nitrogens with zero attached hydrogens (tertiary/aromatic N) is 1. The Morgan fingerprint density at radius 1 is 1.00 bits per heavy atom. The Kier molecular flexibility index (Phi) is 4.05. The molecule has 0 bridgehead atoms. The number of sulfonamides is 1. The lowest BCUT2D eigenvalue weighted by Crippen LogP contribution is -2.19. The monoisotopic (exact) mass is 379 g/mol. The molecule has 0 aliphatic carbocycles. The van der Waals surface area contributed by atoms with Gasteiger partial charge in [0.2, 0.25) is 10.0 Å². The van der Waals surface area contributed by atoms with Crippen molar-refractivity contribution in [2.24, 2.45) is 0 Å². The number of aryl methyl sites for hydroxylation is 3. The molecular formula is C21H21N3O2S. The highest BCUT2D eigenvalue weighted by Gasteiger charge is 2.18. The predicted octanol–water partition coefficient (Wildman–Crippen LogP) is 4.22. The van der Waals surface area contributed by atoms with Crippen LogP contribution in [0, 0.1) is 20.8 Å². The van der Waals surface area contributed by atoms with E-state index in [9.17, 15) is 8.42 Å². The van der Waals surface area contributed by atoms with Gasteiger partial charge in [-0.15, -0.1) is 0 Å². The molecule has 2 N–H and O–H groups in total. The van der Waals surface area contributed by atoms with E-state index in [-0.39, 0.29) is 0 Å². The van der Waals surface area contributed by atoms with Gasteiger partial charge >= 0.3 is 0 Å². The fourth-order valence-corrected chi connectivity index (χ4v) is 4.53. The molecular weight excluding hydrogens is 358 g/mol. The van der Waals surface area contributed by atoms with Crippen molar-refractivity contribution in [1.82, 2.24) is 14.7 Å². The summed E-state index contributed by atoms with van der Waals surface area (Å²) < 4.78 is 27.2. The van der Waals surface area contributed by atoms with Gasteiger partial charge in [-0.25, -0.2) is 18.1 Å². The van der Waals surface area contributed by atoms with E-state index in [0.29, 0.717) is 10.5 Å². The number of aromatic nitrogens is 2. The summed E-state index contributed by atoms with van der Waals surface area (Å²) in [6, 6.07) is 11.8. The molecule has 0 saturated heterocycles. The number of pyridine rings is 1. The van der Waals surface area contributed by atoms with Gasteiger partial charge in [-0.3, -0.25) is 0 Å². The van der Waals surface area contributed by atoms with E-state index in [1.165, 1.54) is 7.05 Å². The van der Waals surface area contributed by atoms with Crippen molar-refractivity contribution in [3.8, 4) is 11.1 Å². The molecule has 0 atom stereocenters. The third-order valence-electron chi connectivity index (χ3n) is 5.01. The van der Waals surface area contributed by atoms with Gasteiger partial charge in [-0.1, -0.05) is 24.3 Å². The summed E-state index contributed by atoms with van der Waals surface area (Å²) in [4.78, 5) is 8.22. The molecule has 0 fully saturated rings. The molecule has 5 nitrogen and oxygen atoms in total. The number of rotatable bonds is 3. The van der Waals surface area contributed by atoms with E-state index in [1.807, 2.05) is 37.4 Å². The fourth-order valence-electron chi connectivity index (χ4n) is 3.53. The average molecular weight is 379 g/mol. The molecule has 0 aliphatic rings. The summed E-state index contributed by atoms with van der Waals surface area (Å²) in [5.74, 6) is 0. The van der Waals surface area contributed by atoms with Crippen molar-refractivity contribution in [3.63, 3.8) is 0 Å². The van der Waals surface area contributed by atoms with Crippen molar-refractivity contribution in [3.05, 3.63) is 59.3 Å². The van der Waals surface area contributed by atoms with E-state index in [2.05, 4.69) is 27.7 Å². The van der Waals surface area contributed by atoms with Gasteiger partial charge < -0.3 is 4.98 Å². The molecule has 0 unspecified atom stereocenters. The van der Waals surface area contributed by atoms with Crippen molar-refractivity contribution in [1.29, 1.82) is 0 Å². The van der Waals surface area contributed by atoms with E-state index >= 15 is 0 Å². The maximum atomic E-state index is 12.4. The fraction of sp³-hybridized carbons (Fsp3) is 0.190. The van der Waals surface area contributed by atoms with Crippen LogP contribution in [0.15, 0.2) is 47.5 Å². The summed E-state index contributed by atoms with van der Waals surface area (Å²) in [6.45, 7) is 5.88. The molecule has 4 aromatic rings. The Morgan fingerprint density at radius 2 is 1.74 bits per heavy atom. The largest absolute Gasteiger partial charge is 0.339 e. The molecule has 2 aromatic heterocycles. The van der Waals surface area contributed by atoms with Gasteiger partial charge in [0.05, 0.1) is 10.4 Å². The number of benzene rings is 2. The number of aromatic amines is 1. The van der Waals surface area contributed by atoms with Crippen molar-refractivity contribution in [2.75, 3.05) is 7.05 Å². The molecule has 0 aliphatic heterocycles. The van der Waals surface area contributed by atoms with Crippen LogP contribution in [0.4, 0.5) is 0 Å². The number of H-pyrrole nitrogens is 1. The van der Waals surface area contributed by atoms with Crippen LogP contribution in [0.5, 0.6) is 0 Å². The van der Waals surface area contributed by atoms with Crippen molar-refractivity contribution < 1.29 is 8.42 Å². The zero-order valence-electron chi connectivity index (χ0n) is 15.7. The van der Waals surface area contributed by atoms with Gasteiger partial charge in [0.25, 0.3) is 0 Å². The zero-order chi connectivity index (χ0) is 19.3. The maximum Gasteiger partial charge on any atom is 0.240 e. The highest BCUT2D eigenvalue weighted by Crippen LogP contribution is 2.37. The molecule has 6 heteroatoms. The third kappa shape index (κ3) is 2.81. The second-order valence-corrected chi connectivity index (χ2v) is 8.76. The number of hydrogen-bond donors (Lipinski definition) is 2. The van der Waals surface area contributed by atoms with Gasteiger partial charge in [0.1, 0.15) is 5.65 Å². The number of hydrogen-bond acceptors (Lipinski definition) is 3. The Labute approximate surface area is 158 Å². The Bertz CT molecular complexity index is 1300. The lowest BCUT2D eigenvalue weighted by Gasteiger charge is -2.11. The topological polar surface area (TPSA) is 74.8 Å². The summed E-state index contributed by atoms with van der Waals surface area (Å²) >= 11 is 0. The lowest BCUT2D eigenvalue weighted by molar-refractivity contribution is 0.587. The lowest BCUT2D eigenvalue weighted by atomic mass is 9.97. The summed E-state index contributed by atoms with van der Waals surface area (Å²) in [5, 5.41) is 2.11. The molecule has 0 amide bonds. The molecule has 4 rings (SSSR count). The minimum Gasteiger partial charge on any atom is -0.339 e. The smallest absolute Gasteiger partial charge is 0.240 e. The first kappa shape index (κ1) is 17.7.